The molecular weight excluding hydrogens is 336 g/mol. The first-order valence-corrected chi connectivity index (χ1v) is 9.58. The van der Waals surface area contributed by atoms with Gasteiger partial charge in [-0.05, 0) is 31.0 Å². The fourth-order valence-corrected chi connectivity index (χ4v) is 3.76. The van der Waals surface area contributed by atoms with E-state index < -0.39 is 0 Å². The van der Waals surface area contributed by atoms with Crippen LogP contribution < -0.4 is 9.47 Å². The zero-order chi connectivity index (χ0) is 17.6. The van der Waals surface area contributed by atoms with Crippen molar-refractivity contribution in [3.63, 3.8) is 0 Å². The number of carbonyl (C=O) groups excluding carboxylic acids is 1. The van der Waals surface area contributed by atoms with Gasteiger partial charge >= 0.3 is 0 Å². The van der Waals surface area contributed by atoms with Gasteiger partial charge in [0.25, 0.3) is 5.91 Å². The Labute approximate surface area is 152 Å². The fraction of sp³-hybridized carbons (Fsp3) is 0.474. The lowest BCUT2D eigenvalue weighted by molar-refractivity contribution is 0.0696. The molecule has 0 atom stereocenters. The van der Waals surface area contributed by atoms with Gasteiger partial charge in [-0.15, -0.1) is 11.3 Å². The van der Waals surface area contributed by atoms with Crippen molar-refractivity contribution in [3.8, 4) is 11.5 Å². The second kappa shape index (κ2) is 8.34. The monoisotopic (exact) mass is 360 g/mol. The molecule has 1 aliphatic carbocycles. The van der Waals surface area contributed by atoms with E-state index in [4.69, 9.17) is 9.47 Å². The Balaban J connectivity index is 1.70. The summed E-state index contributed by atoms with van der Waals surface area (Å²) in [5.41, 5.74) is 3.29. The summed E-state index contributed by atoms with van der Waals surface area (Å²) in [5.74, 6) is 1.22. The molecular formula is C19H24N2O3S. The first-order chi connectivity index (χ1) is 12.2. The highest BCUT2D eigenvalue weighted by atomic mass is 32.1. The summed E-state index contributed by atoms with van der Waals surface area (Å²) < 4.78 is 11.2. The Bertz CT molecular complexity index is 697. The molecule has 1 fully saturated rings. The molecule has 0 aliphatic heterocycles. The molecule has 0 unspecified atom stereocenters. The summed E-state index contributed by atoms with van der Waals surface area (Å²) in [6, 6.07) is 5.71. The van der Waals surface area contributed by atoms with E-state index in [2.05, 4.69) is 4.98 Å². The molecule has 0 N–H and O–H groups in total. The van der Waals surface area contributed by atoms with Crippen LogP contribution in [-0.4, -0.2) is 36.0 Å². The summed E-state index contributed by atoms with van der Waals surface area (Å²) in [6.07, 6.45) is 5.86. The highest BCUT2D eigenvalue weighted by molar-refractivity contribution is 7.07. The van der Waals surface area contributed by atoms with E-state index >= 15 is 0 Å². The topological polar surface area (TPSA) is 51.7 Å². The summed E-state index contributed by atoms with van der Waals surface area (Å²) in [4.78, 5) is 18.9. The van der Waals surface area contributed by atoms with Crippen molar-refractivity contribution in [1.82, 2.24) is 9.88 Å². The normalized spacial score (nSPS) is 15.0. The summed E-state index contributed by atoms with van der Waals surface area (Å²) >= 11 is 1.54. The van der Waals surface area contributed by atoms with Crippen LogP contribution in [0.2, 0.25) is 0 Å². The molecule has 134 valence electrons. The average Bonchev–Trinajstić information content (AvgIpc) is 3.19. The van der Waals surface area contributed by atoms with Crippen molar-refractivity contribution in [2.75, 3.05) is 14.2 Å². The highest BCUT2D eigenvalue weighted by Crippen LogP contribution is 2.30. The van der Waals surface area contributed by atoms with E-state index in [1.807, 2.05) is 17.3 Å². The molecule has 5 nitrogen and oxygen atoms in total. The molecule has 2 aromatic rings. The lowest BCUT2D eigenvalue weighted by Gasteiger charge is -2.31. The Morgan fingerprint density at radius 3 is 2.76 bits per heavy atom. The van der Waals surface area contributed by atoms with Gasteiger partial charge in [-0.2, -0.15) is 0 Å². The van der Waals surface area contributed by atoms with Crippen LogP contribution in [-0.2, 0) is 6.61 Å². The molecule has 1 aromatic carbocycles. The van der Waals surface area contributed by atoms with Gasteiger partial charge in [0.05, 0.1) is 18.3 Å². The van der Waals surface area contributed by atoms with E-state index in [1.165, 1.54) is 30.6 Å². The smallest absolute Gasteiger partial charge is 0.253 e. The van der Waals surface area contributed by atoms with E-state index in [0.29, 0.717) is 29.7 Å². The van der Waals surface area contributed by atoms with Crippen molar-refractivity contribution in [2.24, 2.45) is 0 Å². The molecule has 25 heavy (non-hydrogen) atoms. The number of hydrogen-bond acceptors (Lipinski definition) is 5. The van der Waals surface area contributed by atoms with Gasteiger partial charge in [0, 0.05) is 24.0 Å². The number of carbonyl (C=O) groups is 1. The SMILES string of the molecule is COc1cc(C(=O)N(C)C2CCCCC2)ccc1OCc1cscn1. The molecule has 1 aromatic heterocycles. The second-order valence-corrected chi connectivity index (χ2v) is 7.06. The van der Waals surface area contributed by atoms with E-state index in [0.717, 1.165) is 18.5 Å². The van der Waals surface area contributed by atoms with Gasteiger partial charge in [0.15, 0.2) is 11.5 Å². The first-order valence-electron chi connectivity index (χ1n) is 8.64. The van der Waals surface area contributed by atoms with Crippen LogP contribution in [0.3, 0.4) is 0 Å². The number of benzene rings is 1. The average molecular weight is 360 g/mol. The zero-order valence-electron chi connectivity index (χ0n) is 14.7. The molecule has 0 saturated heterocycles. The van der Waals surface area contributed by atoms with E-state index in [-0.39, 0.29) is 5.91 Å². The molecule has 0 bridgehead atoms. The van der Waals surface area contributed by atoms with E-state index in [9.17, 15) is 4.79 Å². The minimum Gasteiger partial charge on any atom is -0.493 e. The Morgan fingerprint density at radius 2 is 2.08 bits per heavy atom. The van der Waals surface area contributed by atoms with Crippen LogP contribution in [0.5, 0.6) is 11.5 Å². The zero-order valence-corrected chi connectivity index (χ0v) is 15.6. The molecule has 0 spiro atoms. The maximum Gasteiger partial charge on any atom is 0.253 e. The highest BCUT2D eigenvalue weighted by Gasteiger charge is 2.23. The van der Waals surface area contributed by atoms with Crippen LogP contribution in [0.15, 0.2) is 29.1 Å². The van der Waals surface area contributed by atoms with Crippen molar-refractivity contribution < 1.29 is 14.3 Å². The number of rotatable bonds is 6. The lowest BCUT2D eigenvalue weighted by Crippen LogP contribution is -2.38. The lowest BCUT2D eigenvalue weighted by atomic mass is 9.94. The molecule has 1 saturated carbocycles. The minimum absolute atomic E-state index is 0.0382. The van der Waals surface area contributed by atoms with Gasteiger partial charge in [-0.1, -0.05) is 19.3 Å². The van der Waals surface area contributed by atoms with Gasteiger partial charge in [-0.3, -0.25) is 4.79 Å². The van der Waals surface area contributed by atoms with Crippen molar-refractivity contribution >= 4 is 17.2 Å². The molecule has 6 heteroatoms. The van der Waals surface area contributed by atoms with Crippen LogP contribution in [0.1, 0.15) is 48.2 Å². The number of amides is 1. The summed E-state index contributed by atoms with van der Waals surface area (Å²) in [6.45, 7) is 0.384. The third-order valence-electron chi connectivity index (χ3n) is 4.71. The molecule has 3 rings (SSSR count). The molecule has 1 amide bonds. The first kappa shape index (κ1) is 17.7. The van der Waals surface area contributed by atoms with Crippen LogP contribution in [0.25, 0.3) is 0 Å². The maximum absolute atomic E-state index is 12.8. The van der Waals surface area contributed by atoms with Crippen molar-refractivity contribution in [2.45, 2.75) is 44.8 Å². The van der Waals surface area contributed by atoms with Gasteiger partial charge in [0.2, 0.25) is 0 Å². The van der Waals surface area contributed by atoms with Crippen LogP contribution >= 0.6 is 11.3 Å². The number of hydrogen-bond donors (Lipinski definition) is 0. The number of methoxy groups -OCH3 is 1. The molecule has 1 aliphatic rings. The number of ether oxygens (including phenoxy) is 2. The maximum atomic E-state index is 12.8. The van der Waals surface area contributed by atoms with Gasteiger partial charge in [-0.25, -0.2) is 4.98 Å². The summed E-state index contributed by atoms with van der Waals surface area (Å²) in [7, 11) is 3.49. The third-order valence-corrected chi connectivity index (χ3v) is 5.35. The summed E-state index contributed by atoms with van der Waals surface area (Å²) in [5, 5.41) is 1.95. The fourth-order valence-electron chi connectivity index (χ4n) is 3.22. The Hall–Kier alpha value is -2.08. The second-order valence-electron chi connectivity index (χ2n) is 6.34. The predicted molar refractivity (Wildman–Crippen MR) is 98.4 cm³/mol. The van der Waals surface area contributed by atoms with Gasteiger partial charge < -0.3 is 14.4 Å². The standard InChI is InChI=1S/C19H24N2O3S/c1-21(16-6-4-3-5-7-16)19(22)14-8-9-17(18(10-14)23-2)24-11-15-12-25-13-20-15/h8-10,12-13,16H,3-7,11H2,1-2H3. The Kier molecular flexibility index (Phi) is 5.91. The minimum atomic E-state index is 0.0382. The number of nitrogens with zero attached hydrogens (tertiary/aromatic N) is 2. The Morgan fingerprint density at radius 1 is 1.28 bits per heavy atom. The van der Waals surface area contributed by atoms with E-state index in [1.54, 1.807) is 30.8 Å². The third kappa shape index (κ3) is 4.31. The quantitative estimate of drug-likeness (QED) is 0.777. The van der Waals surface area contributed by atoms with Gasteiger partial charge in [0.1, 0.15) is 6.61 Å². The predicted octanol–water partition coefficient (Wildman–Crippen LogP) is 4.14. The van der Waals surface area contributed by atoms with Crippen molar-refractivity contribution in [3.05, 3.63) is 40.3 Å². The number of thiazole rings is 1. The largest absolute Gasteiger partial charge is 0.493 e. The van der Waals surface area contributed by atoms with Crippen LogP contribution in [0, 0.1) is 0 Å². The molecule has 1 heterocycles. The number of aromatic nitrogens is 1. The molecule has 0 radical (unpaired) electrons. The van der Waals surface area contributed by atoms with Crippen LogP contribution in [0.4, 0.5) is 0 Å². The van der Waals surface area contributed by atoms with Crippen molar-refractivity contribution in [1.29, 1.82) is 0 Å².